The highest BCUT2D eigenvalue weighted by Crippen LogP contribution is 2.23. The van der Waals surface area contributed by atoms with Gasteiger partial charge in [0, 0.05) is 38.5 Å². The molecule has 116 valence electrons. The summed E-state index contributed by atoms with van der Waals surface area (Å²) in [5.74, 6) is -0.210. The van der Waals surface area contributed by atoms with Crippen LogP contribution in [0.3, 0.4) is 0 Å². The standard InChI is InChI=1S/C15H23N3O3/c1-4-6-7-13(19)18-9-8-12-11(10-18)14(17(3)16-12)15(20)21-5-2/h4-10H2,1-3H3. The van der Waals surface area contributed by atoms with E-state index in [9.17, 15) is 9.59 Å². The maximum absolute atomic E-state index is 12.2. The lowest BCUT2D eigenvalue weighted by atomic mass is 10.0. The molecular formula is C15H23N3O3. The van der Waals surface area contributed by atoms with Crippen molar-refractivity contribution in [2.45, 2.75) is 46.1 Å². The molecule has 6 heteroatoms. The zero-order valence-electron chi connectivity index (χ0n) is 13.0. The van der Waals surface area contributed by atoms with Gasteiger partial charge in [0.05, 0.1) is 12.3 Å². The quantitative estimate of drug-likeness (QED) is 0.775. The van der Waals surface area contributed by atoms with Crippen LogP contribution in [0, 0.1) is 0 Å². The predicted octanol–water partition coefficient (Wildman–Crippen LogP) is 1.67. The van der Waals surface area contributed by atoms with Crippen LogP contribution in [0.2, 0.25) is 0 Å². The highest BCUT2D eigenvalue weighted by molar-refractivity contribution is 5.90. The van der Waals surface area contributed by atoms with E-state index in [0.29, 0.717) is 38.2 Å². The molecular weight excluding hydrogens is 270 g/mol. The van der Waals surface area contributed by atoms with Gasteiger partial charge in [0.2, 0.25) is 5.91 Å². The molecule has 0 N–H and O–H groups in total. The second-order valence-electron chi connectivity index (χ2n) is 5.29. The smallest absolute Gasteiger partial charge is 0.356 e. The number of nitrogens with zero attached hydrogens (tertiary/aromatic N) is 3. The van der Waals surface area contributed by atoms with E-state index in [1.54, 1.807) is 18.7 Å². The minimum Gasteiger partial charge on any atom is -0.461 e. The van der Waals surface area contributed by atoms with E-state index in [1.807, 2.05) is 4.90 Å². The lowest BCUT2D eigenvalue weighted by Gasteiger charge is -2.26. The number of unbranched alkanes of at least 4 members (excludes halogenated alkanes) is 1. The largest absolute Gasteiger partial charge is 0.461 e. The van der Waals surface area contributed by atoms with Gasteiger partial charge in [0.15, 0.2) is 5.69 Å². The summed E-state index contributed by atoms with van der Waals surface area (Å²) in [5.41, 5.74) is 2.21. The van der Waals surface area contributed by atoms with Crippen LogP contribution in [0.5, 0.6) is 0 Å². The van der Waals surface area contributed by atoms with E-state index >= 15 is 0 Å². The zero-order chi connectivity index (χ0) is 15.4. The van der Waals surface area contributed by atoms with E-state index in [1.165, 1.54) is 0 Å². The number of fused-ring (bicyclic) bond motifs is 1. The molecule has 0 saturated carbocycles. The Bertz CT molecular complexity index is 537. The van der Waals surface area contributed by atoms with E-state index in [4.69, 9.17) is 4.74 Å². The molecule has 1 aliphatic rings. The molecule has 2 heterocycles. The molecule has 21 heavy (non-hydrogen) atoms. The SMILES string of the molecule is CCCCC(=O)N1CCc2nn(C)c(C(=O)OCC)c2C1. The second kappa shape index (κ2) is 6.74. The normalized spacial score (nSPS) is 14.0. The lowest BCUT2D eigenvalue weighted by Crippen LogP contribution is -2.36. The van der Waals surface area contributed by atoms with Gasteiger partial charge in [0.1, 0.15) is 0 Å². The van der Waals surface area contributed by atoms with Crippen molar-refractivity contribution in [2.24, 2.45) is 7.05 Å². The highest BCUT2D eigenvalue weighted by atomic mass is 16.5. The van der Waals surface area contributed by atoms with Gasteiger partial charge in [-0.05, 0) is 13.3 Å². The highest BCUT2D eigenvalue weighted by Gasteiger charge is 2.29. The molecule has 1 amide bonds. The number of rotatable bonds is 5. The molecule has 0 saturated heterocycles. The first-order valence-corrected chi connectivity index (χ1v) is 7.58. The van der Waals surface area contributed by atoms with E-state index in [2.05, 4.69) is 12.0 Å². The molecule has 0 aliphatic carbocycles. The Labute approximate surface area is 125 Å². The summed E-state index contributed by atoms with van der Waals surface area (Å²) < 4.78 is 6.66. The van der Waals surface area contributed by atoms with Gasteiger partial charge < -0.3 is 9.64 Å². The fourth-order valence-corrected chi connectivity index (χ4v) is 2.65. The number of amides is 1. The monoisotopic (exact) mass is 293 g/mol. The zero-order valence-corrected chi connectivity index (χ0v) is 13.0. The first-order valence-electron chi connectivity index (χ1n) is 7.58. The first kappa shape index (κ1) is 15.5. The Balaban J connectivity index is 2.18. The number of aryl methyl sites for hydroxylation is 1. The van der Waals surface area contributed by atoms with Crippen LogP contribution in [-0.4, -0.2) is 39.7 Å². The average Bonchev–Trinajstić information content (AvgIpc) is 2.79. The van der Waals surface area contributed by atoms with Crippen molar-refractivity contribution in [1.82, 2.24) is 14.7 Å². The van der Waals surface area contributed by atoms with Crippen molar-refractivity contribution in [3.63, 3.8) is 0 Å². The van der Waals surface area contributed by atoms with Gasteiger partial charge in [-0.25, -0.2) is 4.79 Å². The minimum atomic E-state index is -0.364. The third kappa shape index (κ3) is 3.25. The molecule has 2 rings (SSSR count). The Morgan fingerprint density at radius 2 is 2.10 bits per heavy atom. The molecule has 0 spiro atoms. The number of carbonyl (C=O) groups is 2. The van der Waals surface area contributed by atoms with Gasteiger partial charge in [-0.15, -0.1) is 0 Å². The third-order valence-electron chi connectivity index (χ3n) is 3.76. The van der Waals surface area contributed by atoms with Crippen LogP contribution < -0.4 is 0 Å². The molecule has 0 fully saturated rings. The van der Waals surface area contributed by atoms with Gasteiger partial charge in [-0.1, -0.05) is 13.3 Å². The number of carbonyl (C=O) groups excluding carboxylic acids is 2. The Morgan fingerprint density at radius 3 is 2.76 bits per heavy atom. The van der Waals surface area contributed by atoms with E-state index in [0.717, 1.165) is 24.1 Å². The number of ether oxygens (including phenoxy) is 1. The van der Waals surface area contributed by atoms with Crippen molar-refractivity contribution in [3.8, 4) is 0 Å². The summed E-state index contributed by atoms with van der Waals surface area (Å²) in [6.07, 6.45) is 3.17. The van der Waals surface area contributed by atoms with Crippen molar-refractivity contribution in [3.05, 3.63) is 17.0 Å². The first-order chi connectivity index (χ1) is 10.1. The molecule has 0 atom stereocenters. The molecule has 1 aromatic rings. The number of esters is 1. The Hall–Kier alpha value is -1.85. The van der Waals surface area contributed by atoms with Crippen molar-refractivity contribution >= 4 is 11.9 Å². The Kier molecular flexibility index (Phi) is 4.98. The summed E-state index contributed by atoms with van der Waals surface area (Å²) in [6.45, 7) is 5.31. The molecule has 0 bridgehead atoms. The van der Waals surface area contributed by atoms with Gasteiger partial charge in [-0.2, -0.15) is 5.10 Å². The average molecular weight is 293 g/mol. The number of hydrogen-bond acceptors (Lipinski definition) is 4. The lowest BCUT2D eigenvalue weighted by molar-refractivity contribution is -0.132. The molecule has 1 aromatic heterocycles. The Morgan fingerprint density at radius 1 is 1.33 bits per heavy atom. The van der Waals surface area contributed by atoms with E-state index < -0.39 is 0 Å². The van der Waals surface area contributed by atoms with Gasteiger partial charge in [-0.3, -0.25) is 9.48 Å². The summed E-state index contributed by atoms with van der Waals surface area (Å²) in [4.78, 5) is 26.0. The number of aromatic nitrogens is 2. The van der Waals surface area contributed by atoms with Crippen LogP contribution in [0.25, 0.3) is 0 Å². The predicted molar refractivity (Wildman–Crippen MR) is 77.8 cm³/mol. The molecule has 1 aliphatic heterocycles. The molecule has 0 aromatic carbocycles. The fraction of sp³-hybridized carbons (Fsp3) is 0.667. The third-order valence-corrected chi connectivity index (χ3v) is 3.76. The van der Waals surface area contributed by atoms with Crippen LogP contribution in [0.15, 0.2) is 0 Å². The molecule has 0 radical (unpaired) electrons. The maximum Gasteiger partial charge on any atom is 0.356 e. The fourth-order valence-electron chi connectivity index (χ4n) is 2.65. The number of hydrogen-bond donors (Lipinski definition) is 0. The van der Waals surface area contributed by atoms with E-state index in [-0.39, 0.29) is 11.9 Å². The second-order valence-corrected chi connectivity index (χ2v) is 5.29. The van der Waals surface area contributed by atoms with Crippen LogP contribution in [-0.2, 0) is 29.5 Å². The maximum atomic E-state index is 12.2. The minimum absolute atomic E-state index is 0.154. The van der Waals surface area contributed by atoms with Crippen molar-refractivity contribution in [2.75, 3.05) is 13.2 Å². The summed E-state index contributed by atoms with van der Waals surface area (Å²) in [7, 11) is 1.74. The van der Waals surface area contributed by atoms with Gasteiger partial charge in [0.25, 0.3) is 0 Å². The van der Waals surface area contributed by atoms with Gasteiger partial charge >= 0.3 is 5.97 Å². The summed E-state index contributed by atoms with van der Waals surface area (Å²) >= 11 is 0. The van der Waals surface area contributed by atoms with Crippen molar-refractivity contribution in [1.29, 1.82) is 0 Å². The summed E-state index contributed by atoms with van der Waals surface area (Å²) in [6, 6.07) is 0. The molecule has 6 nitrogen and oxygen atoms in total. The topological polar surface area (TPSA) is 64.4 Å². The van der Waals surface area contributed by atoms with Crippen LogP contribution in [0.4, 0.5) is 0 Å². The van der Waals surface area contributed by atoms with Crippen LogP contribution >= 0.6 is 0 Å². The molecule has 0 unspecified atom stereocenters. The van der Waals surface area contributed by atoms with Crippen LogP contribution in [0.1, 0.15) is 54.9 Å². The van der Waals surface area contributed by atoms with Crippen molar-refractivity contribution < 1.29 is 14.3 Å². The summed E-state index contributed by atoms with van der Waals surface area (Å²) in [5, 5.41) is 4.39.